The predicted molar refractivity (Wildman–Crippen MR) is 67.1 cm³/mol. The first-order valence-electron chi connectivity index (χ1n) is 5.54. The molecule has 1 heterocycles. The zero-order valence-electron chi connectivity index (χ0n) is 9.29. The molecule has 0 atom stereocenters. The fourth-order valence-corrected chi connectivity index (χ4v) is 2.03. The maximum atomic E-state index is 11.9. The Morgan fingerprint density at radius 3 is 2.76 bits per heavy atom. The van der Waals surface area contributed by atoms with E-state index in [1.807, 2.05) is 0 Å². The van der Waals surface area contributed by atoms with E-state index in [1.54, 1.807) is 18.2 Å². The zero-order chi connectivity index (χ0) is 12.3. The van der Waals surface area contributed by atoms with Gasteiger partial charge in [0.05, 0.1) is 23.1 Å². The second-order valence-corrected chi connectivity index (χ2v) is 4.78. The number of halogens is 2. The lowest BCUT2D eigenvalue weighted by Gasteiger charge is -2.25. The highest BCUT2D eigenvalue weighted by molar-refractivity contribution is 6.42. The van der Waals surface area contributed by atoms with Crippen molar-refractivity contribution in [2.24, 2.45) is 0 Å². The number of hydrogen-bond acceptors (Lipinski definition) is 2. The van der Waals surface area contributed by atoms with E-state index in [1.165, 1.54) is 5.06 Å². The van der Waals surface area contributed by atoms with Gasteiger partial charge in [-0.1, -0.05) is 29.3 Å². The summed E-state index contributed by atoms with van der Waals surface area (Å²) in [4.78, 5) is 17.2. The number of hydrogen-bond donors (Lipinski definition) is 0. The van der Waals surface area contributed by atoms with E-state index in [0.717, 1.165) is 18.4 Å². The fourth-order valence-electron chi connectivity index (χ4n) is 1.71. The molecule has 5 heteroatoms. The molecule has 1 saturated heterocycles. The lowest BCUT2D eigenvalue weighted by atomic mass is 10.1. The number of amides is 1. The molecule has 0 saturated carbocycles. The van der Waals surface area contributed by atoms with Crippen molar-refractivity contribution in [3.8, 4) is 0 Å². The number of carbonyl (C=O) groups excluding carboxylic acids is 1. The van der Waals surface area contributed by atoms with Crippen LogP contribution in [0.5, 0.6) is 0 Å². The van der Waals surface area contributed by atoms with Gasteiger partial charge in [0.1, 0.15) is 0 Å². The van der Waals surface area contributed by atoms with Crippen LogP contribution in [-0.4, -0.2) is 24.1 Å². The topological polar surface area (TPSA) is 29.5 Å². The monoisotopic (exact) mass is 273 g/mol. The maximum absolute atomic E-state index is 11.9. The normalized spacial score (nSPS) is 16.0. The van der Waals surface area contributed by atoms with E-state index in [-0.39, 0.29) is 12.3 Å². The molecular weight excluding hydrogens is 261 g/mol. The average Bonchev–Trinajstić information content (AvgIpc) is 2.35. The Morgan fingerprint density at radius 2 is 2.12 bits per heavy atom. The summed E-state index contributed by atoms with van der Waals surface area (Å²) in [5.74, 6) is -0.0388. The summed E-state index contributed by atoms with van der Waals surface area (Å²) in [6.45, 7) is 1.28. The Morgan fingerprint density at radius 1 is 1.29 bits per heavy atom. The van der Waals surface area contributed by atoms with Gasteiger partial charge >= 0.3 is 0 Å². The quantitative estimate of drug-likeness (QED) is 0.829. The molecule has 0 aliphatic carbocycles. The van der Waals surface area contributed by atoms with Crippen molar-refractivity contribution in [3.05, 3.63) is 33.8 Å². The summed E-state index contributed by atoms with van der Waals surface area (Å²) in [6.07, 6.45) is 2.29. The molecule has 0 bridgehead atoms. The molecule has 0 N–H and O–H groups in total. The van der Waals surface area contributed by atoms with Gasteiger partial charge in [-0.25, -0.2) is 5.06 Å². The van der Waals surface area contributed by atoms with Crippen LogP contribution in [0.3, 0.4) is 0 Å². The molecular formula is C12H13Cl2NO2. The lowest BCUT2D eigenvalue weighted by molar-refractivity contribution is -0.196. The van der Waals surface area contributed by atoms with Gasteiger partial charge in [-0.2, -0.15) is 0 Å². The van der Waals surface area contributed by atoms with Gasteiger partial charge in [0.15, 0.2) is 0 Å². The van der Waals surface area contributed by atoms with E-state index in [9.17, 15) is 4.79 Å². The molecule has 1 aliphatic rings. The van der Waals surface area contributed by atoms with Crippen LogP contribution in [0.1, 0.15) is 18.4 Å². The molecule has 2 rings (SSSR count). The highest BCUT2D eigenvalue weighted by atomic mass is 35.5. The van der Waals surface area contributed by atoms with Crippen molar-refractivity contribution >= 4 is 29.1 Å². The molecule has 92 valence electrons. The summed E-state index contributed by atoms with van der Waals surface area (Å²) < 4.78 is 0. The van der Waals surface area contributed by atoms with Gasteiger partial charge in [0, 0.05) is 6.54 Å². The standard InChI is InChI=1S/C12H13Cl2NO2/c13-10-4-3-9(7-11(10)14)8-12(16)15-5-1-2-6-17-15/h3-4,7H,1-2,5-6,8H2. The molecule has 1 amide bonds. The van der Waals surface area contributed by atoms with E-state index in [2.05, 4.69) is 0 Å². The molecule has 1 aromatic carbocycles. The van der Waals surface area contributed by atoms with Crippen LogP contribution in [0.2, 0.25) is 10.0 Å². The SMILES string of the molecule is O=C(Cc1ccc(Cl)c(Cl)c1)N1CCCCO1. The minimum atomic E-state index is -0.0388. The summed E-state index contributed by atoms with van der Waals surface area (Å²) in [6, 6.07) is 5.21. The second-order valence-electron chi connectivity index (χ2n) is 3.96. The van der Waals surface area contributed by atoms with Crippen molar-refractivity contribution in [3.63, 3.8) is 0 Å². The number of benzene rings is 1. The van der Waals surface area contributed by atoms with Crippen LogP contribution >= 0.6 is 23.2 Å². The molecule has 0 radical (unpaired) electrons. The third-order valence-corrected chi connectivity index (χ3v) is 3.36. The Bertz CT molecular complexity index is 417. The molecule has 1 aromatic rings. The van der Waals surface area contributed by atoms with Gasteiger partial charge in [-0.15, -0.1) is 0 Å². The fraction of sp³-hybridized carbons (Fsp3) is 0.417. The summed E-state index contributed by atoms with van der Waals surface area (Å²) in [5.41, 5.74) is 0.846. The molecule has 0 unspecified atom stereocenters. The highest BCUT2D eigenvalue weighted by Crippen LogP contribution is 2.23. The molecule has 3 nitrogen and oxygen atoms in total. The van der Waals surface area contributed by atoms with Crippen LogP contribution < -0.4 is 0 Å². The van der Waals surface area contributed by atoms with Crippen molar-refractivity contribution < 1.29 is 9.63 Å². The van der Waals surface area contributed by atoms with E-state index in [0.29, 0.717) is 23.2 Å². The number of rotatable bonds is 2. The van der Waals surface area contributed by atoms with E-state index >= 15 is 0 Å². The Kier molecular flexibility index (Phi) is 4.26. The van der Waals surface area contributed by atoms with Crippen LogP contribution in [0.25, 0.3) is 0 Å². The first-order chi connectivity index (χ1) is 8.16. The number of carbonyl (C=O) groups is 1. The molecule has 0 aromatic heterocycles. The minimum Gasteiger partial charge on any atom is -0.272 e. The first kappa shape index (κ1) is 12.7. The van der Waals surface area contributed by atoms with Crippen molar-refractivity contribution in [2.75, 3.05) is 13.2 Å². The summed E-state index contributed by atoms with van der Waals surface area (Å²) in [5, 5.41) is 2.40. The van der Waals surface area contributed by atoms with Gasteiger partial charge in [-0.05, 0) is 30.5 Å². The number of hydroxylamine groups is 2. The maximum Gasteiger partial charge on any atom is 0.250 e. The van der Waals surface area contributed by atoms with Crippen LogP contribution in [0.15, 0.2) is 18.2 Å². The van der Waals surface area contributed by atoms with Crippen molar-refractivity contribution in [1.82, 2.24) is 5.06 Å². The lowest BCUT2D eigenvalue weighted by Crippen LogP contribution is -2.36. The van der Waals surface area contributed by atoms with Gasteiger partial charge in [0.2, 0.25) is 0 Å². The third kappa shape index (κ3) is 3.35. The molecule has 1 aliphatic heterocycles. The molecule has 17 heavy (non-hydrogen) atoms. The minimum absolute atomic E-state index is 0.0388. The Hall–Kier alpha value is -0.770. The zero-order valence-corrected chi connectivity index (χ0v) is 10.8. The average molecular weight is 274 g/mol. The smallest absolute Gasteiger partial charge is 0.250 e. The Balaban J connectivity index is 1.99. The van der Waals surface area contributed by atoms with Crippen molar-refractivity contribution in [1.29, 1.82) is 0 Å². The number of nitrogens with zero attached hydrogens (tertiary/aromatic N) is 1. The molecule has 1 fully saturated rings. The van der Waals surface area contributed by atoms with E-state index < -0.39 is 0 Å². The van der Waals surface area contributed by atoms with Crippen molar-refractivity contribution in [2.45, 2.75) is 19.3 Å². The van der Waals surface area contributed by atoms with Gasteiger partial charge < -0.3 is 0 Å². The summed E-state index contributed by atoms with van der Waals surface area (Å²) in [7, 11) is 0. The van der Waals surface area contributed by atoms with Crippen LogP contribution in [-0.2, 0) is 16.1 Å². The second kappa shape index (κ2) is 5.71. The van der Waals surface area contributed by atoms with Crippen LogP contribution in [0, 0.1) is 0 Å². The molecule has 0 spiro atoms. The summed E-state index contributed by atoms with van der Waals surface area (Å²) >= 11 is 11.7. The first-order valence-corrected chi connectivity index (χ1v) is 6.29. The highest BCUT2D eigenvalue weighted by Gasteiger charge is 2.18. The van der Waals surface area contributed by atoms with E-state index in [4.69, 9.17) is 28.0 Å². The Labute approximate surface area is 110 Å². The largest absolute Gasteiger partial charge is 0.272 e. The third-order valence-electron chi connectivity index (χ3n) is 2.62. The van der Waals surface area contributed by atoms with Crippen LogP contribution in [0.4, 0.5) is 0 Å². The van der Waals surface area contributed by atoms with Gasteiger partial charge in [-0.3, -0.25) is 9.63 Å². The predicted octanol–water partition coefficient (Wildman–Crippen LogP) is 3.09. The van der Waals surface area contributed by atoms with Gasteiger partial charge in [0.25, 0.3) is 5.91 Å².